The Morgan fingerprint density at radius 2 is 2.04 bits per heavy atom. The van der Waals surface area contributed by atoms with Gasteiger partial charge in [-0.05, 0) is 31.9 Å². The first-order valence-electron chi connectivity index (χ1n) is 7.81. The molecule has 0 spiro atoms. The number of aromatic nitrogens is 2. The monoisotopic (exact) mass is 334 g/mol. The molecule has 1 atom stereocenters. The summed E-state index contributed by atoms with van der Waals surface area (Å²) in [6.07, 6.45) is 3.61. The van der Waals surface area contributed by atoms with Crippen LogP contribution in [0.1, 0.15) is 25.3 Å². The quantitative estimate of drug-likeness (QED) is 0.729. The second-order valence-corrected chi connectivity index (χ2v) is 6.03. The maximum Gasteiger partial charge on any atom is 0.287 e. The van der Waals surface area contributed by atoms with Crippen molar-refractivity contribution in [1.82, 2.24) is 15.1 Å². The van der Waals surface area contributed by atoms with Gasteiger partial charge in [0.1, 0.15) is 5.02 Å². The lowest BCUT2D eigenvalue weighted by molar-refractivity contribution is 0.590. The van der Waals surface area contributed by atoms with Crippen LogP contribution in [-0.4, -0.2) is 22.4 Å². The van der Waals surface area contributed by atoms with Gasteiger partial charge in [0.15, 0.2) is 0 Å². The van der Waals surface area contributed by atoms with Crippen LogP contribution >= 0.6 is 11.6 Å². The van der Waals surface area contributed by atoms with Crippen LogP contribution in [0.15, 0.2) is 41.3 Å². The van der Waals surface area contributed by atoms with E-state index in [9.17, 15) is 4.79 Å². The van der Waals surface area contributed by atoms with Gasteiger partial charge in [0.25, 0.3) is 5.56 Å². The van der Waals surface area contributed by atoms with Crippen molar-refractivity contribution in [2.75, 3.05) is 11.9 Å². The summed E-state index contributed by atoms with van der Waals surface area (Å²) in [5, 5.41) is 10.9. The summed E-state index contributed by atoms with van der Waals surface area (Å²) >= 11 is 6.05. The number of benzene rings is 1. The summed E-state index contributed by atoms with van der Waals surface area (Å²) in [4.78, 5) is 11.7. The number of anilines is 1. The number of nitrogens with zero attached hydrogens (tertiary/aromatic N) is 2. The summed E-state index contributed by atoms with van der Waals surface area (Å²) in [7, 11) is 1.58. The van der Waals surface area contributed by atoms with Gasteiger partial charge in [-0.15, -0.1) is 0 Å². The molecule has 23 heavy (non-hydrogen) atoms. The maximum atomic E-state index is 11.7. The molecule has 2 rings (SSSR count). The summed E-state index contributed by atoms with van der Waals surface area (Å²) in [6, 6.07) is 10.6. The lowest BCUT2D eigenvalue weighted by atomic mass is 10.1. The predicted molar refractivity (Wildman–Crippen MR) is 95.0 cm³/mol. The van der Waals surface area contributed by atoms with Gasteiger partial charge < -0.3 is 10.6 Å². The molecule has 0 aliphatic carbocycles. The Hall–Kier alpha value is -1.85. The van der Waals surface area contributed by atoms with Gasteiger partial charge in [0.2, 0.25) is 0 Å². The van der Waals surface area contributed by atoms with Crippen molar-refractivity contribution in [3.63, 3.8) is 0 Å². The molecule has 1 aromatic heterocycles. The molecular formula is C17H23ClN4O. The minimum absolute atomic E-state index is 0.191. The molecule has 0 bridgehead atoms. The van der Waals surface area contributed by atoms with E-state index in [0.717, 1.165) is 25.9 Å². The van der Waals surface area contributed by atoms with Crippen molar-refractivity contribution in [1.29, 1.82) is 0 Å². The van der Waals surface area contributed by atoms with Crippen molar-refractivity contribution in [3.05, 3.63) is 57.5 Å². The number of hydrogen-bond acceptors (Lipinski definition) is 4. The number of hydrogen-bond donors (Lipinski definition) is 2. The number of halogens is 1. The van der Waals surface area contributed by atoms with Gasteiger partial charge in [-0.2, -0.15) is 5.10 Å². The van der Waals surface area contributed by atoms with Gasteiger partial charge in [-0.1, -0.05) is 41.9 Å². The highest BCUT2D eigenvalue weighted by atomic mass is 35.5. The number of aryl methyl sites for hydroxylation is 1. The first kappa shape index (κ1) is 17.5. The van der Waals surface area contributed by atoms with E-state index in [0.29, 0.717) is 5.69 Å². The van der Waals surface area contributed by atoms with E-state index in [1.54, 1.807) is 13.2 Å². The Morgan fingerprint density at radius 1 is 1.30 bits per heavy atom. The van der Waals surface area contributed by atoms with E-state index in [4.69, 9.17) is 11.6 Å². The molecule has 0 saturated heterocycles. The largest absolute Gasteiger partial charge is 0.380 e. The van der Waals surface area contributed by atoms with E-state index in [-0.39, 0.29) is 16.6 Å². The fourth-order valence-electron chi connectivity index (χ4n) is 2.31. The van der Waals surface area contributed by atoms with Crippen molar-refractivity contribution in [2.45, 2.75) is 32.4 Å². The zero-order chi connectivity index (χ0) is 16.7. The lowest BCUT2D eigenvalue weighted by Gasteiger charge is -2.16. The van der Waals surface area contributed by atoms with Gasteiger partial charge in [-0.3, -0.25) is 4.79 Å². The van der Waals surface area contributed by atoms with Crippen LogP contribution in [0.4, 0.5) is 5.69 Å². The molecule has 0 aliphatic rings. The van der Waals surface area contributed by atoms with Crippen molar-refractivity contribution in [2.24, 2.45) is 7.05 Å². The molecule has 0 radical (unpaired) electrons. The molecular weight excluding hydrogens is 312 g/mol. The topological polar surface area (TPSA) is 59.0 Å². The molecule has 0 fully saturated rings. The molecule has 6 heteroatoms. The number of nitrogens with one attached hydrogen (secondary N) is 2. The Balaban J connectivity index is 1.70. The second-order valence-electron chi connectivity index (χ2n) is 5.65. The normalized spacial score (nSPS) is 12.1. The van der Waals surface area contributed by atoms with Crippen LogP contribution in [0.3, 0.4) is 0 Å². The minimum atomic E-state index is -0.284. The molecule has 0 saturated carbocycles. The van der Waals surface area contributed by atoms with E-state index < -0.39 is 0 Å². The fourth-order valence-corrected chi connectivity index (χ4v) is 2.54. The average Bonchev–Trinajstić information content (AvgIpc) is 2.56. The van der Waals surface area contributed by atoms with E-state index in [1.165, 1.54) is 10.2 Å². The Bertz CT molecular complexity index is 672. The second kappa shape index (κ2) is 8.70. The van der Waals surface area contributed by atoms with Crippen molar-refractivity contribution in [3.8, 4) is 0 Å². The summed E-state index contributed by atoms with van der Waals surface area (Å²) in [5.41, 5.74) is 1.60. The highest BCUT2D eigenvalue weighted by molar-refractivity contribution is 6.32. The first-order chi connectivity index (χ1) is 11.1. The third-order valence-corrected chi connectivity index (χ3v) is 4.01. The Kier molecular flexibility index (Phi) is 6.62. The number of rotatable bonds is 8. The van der Waals surface area contributed by atoms with E-state index >= 15 is 0 Å². The smallest absolute Gasteiger partial charge is 0.287 e. The minimum Gasteiger partial charge on any atom is -0.380 e. The summed E-state index contributed by atoms with van der Waals surface area (Å²) in [5.74, 6) is 0. The fraction of sp³-hybridized carbons (Fsp3) is 0.412. The molecule has 0 amide bonds. The van der Waals surface area contributed by atoms with E-state index in [2.05, 4.69) is 34.8 Å². The Morgan fingerprint density at radius 3 is 2.78 bits per heavy atom. The molecule has 5 nitrogen and oxygen atoms in total. The van der Waals surface area contributed by atoms with Crippen LogP contribution < -0.4 is 16.2 Å². The third kappa shape index (κ3) is 5.37. The summed E-state index contributed by atoms with van der Waals surface area (Å²) in [6.45, 7) is 3.90. The molecule has 1 heterocycles. The van der Waals surface area contributed by atoms with Gasteiger partial charge >= 0.3 is 0 Å². The molecule has 1 aromatic carbocycles. The van der Waals surface area contributed by atoms with Crippen LogP contribution in [0, 0.1) is 0 Å². The highest BCUT2D eigenvalue weighted by Gasteiger charge is 2.09. The van der Waals surface area contributed by atoms with Gasteiger partial charge in [-0.25, -0.2) is 4.68 Å². The molecule has 124 valence electrons. The molecule has 1 unspecified atom stereocenters. The third-order valence-electron chi connectivity index (χ3n) is 3.64. The Labute approximate surface area is 141 Å². The highest BCUT2D eigenvalue weighted by Crippen LogP contribution is 2.17. The van der Waals surface area contributed by atoms with Crippen molar-refractivity contribution < 1.29 is 0 Å². The van der Waals surface area contributed by atoms with Crippen LogP contribution in [0.25, 0.3) is 0 Å². The maximum absolute atomic E-state index is 11.7. The lowest BCUT2D eigenvalue weighted by Crippen LogP contribution is -2.24. The zero-order valence-electron chi connectivity index (χ0n) is 13.6. The average molecular weight is 335 g/mol. The van der Waals surface area contributed by atoms with Crippen molar-refractivity contribution >= 4 is 17.3 Å². The molecule has 0 aliphatic heterocycles. The first-order valence-corrected chi connectivity index (χ1v) is 8.18. The SMILES string of the molecule is CC(CCCNCc1ccccc1)Nc1cnn(C)c(=O)c1Cl. The molecule has 2 N–H and O–H groups in total. The van der Waals surface area contributed by atoms with Crippen LogP contribution in [-0.2, 0) is 13.6 Å². The van der Waals surface area contributed by atoms with Gasteiger partial charge in [0, 0.05) is 19.6 Å². The predicted octanol–water partition coefficient (Wildman–Crippen LogP) is 2.80. The van der Waals surface area contributed by atoms with E-state index in [1.807, 2.05) is 18.2 Å². The van der Waals surface area contributed by atoms with Crippen LogP contribution in [0.2, 0.25) is 5.02 Å². The van der Waals surface area contributed by atoms with Gasteiger partial charge in [0.05, 0.1) is 11.9 Å². The summed E-state index contributed by atoms with van der Waals surface area (Å²) < 4.78 is 1.23. The van der Waals surface area contributed by atoms with Crippen LogP contribution in [0.5, 0.6) is 0 Å². The molecule has 2 aromatic rings. The standard InChI is InChI=1S/C17H23ClN4O/c1-13(21-15-12-20-22(2)17(23)16(15)18)7-6-10-19-11-14-8-4-3-5-9-14/h3-5,8-9,12-13,19,21H,6-7,10-11H2,1-2H3. The zero-order valence-corrected chi connectivity index (χ0v) is 14.3.